The van der Waals surface area contributed by atoms with Gasteiger partial charge in [0.15, 0.2) is 0 Å². The number of carbonyl (C=O) groups excluding carboxylic acids is 1. The molecule has 1 atom stereocenters. The van der Waals surface area contributed by atoms with Gasteiger partial charge in [0, 0.05) is 42.3 Å². The second-order valence-electron chi connectivity index (χ2n) is 6.94. The molecule has 5 nitrogen and oxygen atoms in total. The van der Waals surface area contributed by atoms with Crippen LogP contribution in [0.1, 0.15) is 25.3 Å². The summed E-state index contributed by atoms with van der Waals surface area (Å²) >= 11 is 0. The number of para-hydroxylation sites is 1. The fourth-order valence-electron chi connectivity index (χ4n) is 3.29. The van der Waals surface area contributed by atoms with E-state index in [-0.39, 0.29) is 12.0 Å². The summed E-state index contributed by atoms with van der Waals surface area (Å²) in [4.78, 5) is 19.7. The van der Waals surface area contributed by atoms with Crippen LogP contribution < -0.4 is 0 Å². The van der Waals surface area contributed by atoms with E-state index in [4.69, 9.17) is 0 Å². The second kappa shape index (κ2) is 7.85. The molecule has 25 heavy (non-hydrogen) atoms. The molecule has 134 valence electrons. The SMILES string of the molecule is CC(O)CCN(C)CC(=O)N1CC=C(c2c[nH]c3ccccc23)CC1. The number of aromatic nitrogens is 1. The molecule has 2 N–H and O–H groups in total. The van der Waals surface area contributed by atoms with Gasteiger partial charge in [0.2, 0.25) is 5.91 Å². The maximum absolute atomic E-state index is 12.4. The normalized spacial score (nSPS) is 16.3. The first-order chi connectivity index (χ1) is 12.0. The molecule has 3 rings (SSSR count). The van der Waals surface area contributed by atoms with Crippen molar-refractivity contribution in [3.8, 4) is 0 Å². The van der Waals surface area contributed by atoms with Gasteiger partial charge in [-0.2, -0.15) is 0 Å². The van der Waals surface area contributed by atoms with Crippen molar-refractivity contribution in [2.45, 2.75) is 25.9 Å². The molecule has 1 amide bonds. The van der Waals surface area contributed by atoms with Gasteiger partial charge < -0.3 is 15.0 Å². The summed E-state index contributed by atoms with van der Waals surface area (Å²) in [5.74, 6) is 0.155. The van der Waals surface area contributed by atoms with Crippen LogP contribution in [0.5, 0.6) is 0 Å². The van der Waals surface area contributed by atoms with E-state index in [0.717, 1.165) is 25.0 Å². The number of H-pyrrole nitrogens is 1. The van der Waals surface area contributed by atoms with Crippen LogP contribution in [0, 0.1) is 0 Å². The summed E-state index contributed by atoms with van der Waals surface area (Å²) in [5.41, 5.74) is 3.71. The number of fused-ring (bicyclic) bond motifs is 1. The first-order valence-electron chi connectivity index (χ1n) is 8.94. The van der Waals surface area contributed by atoms with Gasteiger partial charge in [0.05, 0.1) is 12.6 Å². The van der Waals surface area contributed by atoms with Gasteiger partial charge in [0.1, 0.15) is 0 Å². The number of aromatic amines is 1. The Bertz CT molecular complexity index is 763. The minimum absolute atomic E-state index is 0.155. The van der Waals surface area contributed by atoms with Crippen LogP contribution in [0.4, 0.5) is 0 Å². The van der Waals surface area contributed by atoms with E-state index in [1.54, 1.807) is 6.92 Å². The van der Waals surface area contributed by atoms with Crippen molar-refractivity contribution in [1.82, 2.24) is 14.8 Å². The number of aliphatic hydroxyl groups is 1. The number of nitrogens with one attached hydrogen (secondary N) is 1. The molecule has 0 saturated heterocycles. The maximum Gasteiger partial charge on any atom is 0.237 e. The molecule has 5 heteroatoms. The molecular weight excluding hydrogens is 314 g/mol. The van der Waals surface area contributed by atoms with Crippen LogP contribution in [0.3, 0.4) is 0 Å². The Labute approximate surface area is 148 Å². The molecule has 1 unspecified atom stereocenters. The molecule has 1 aliphatic heterocycles. The van der Waals surface area contributed by atoms with Crippen molar-refractivity contribution < 1.29 is 9.90 Å². The van der Waals surface area contributed by atoms with E-state index < -0.39 is 0 Å². The molecule has 1 aliphatic rings. The summed E-state index contributed by atoms with van der Waals surface area (Å²) in [6.45, 7) is 4.33. The average molecular weight is 341 g/mol. The van der Waals surface area contributed by atoms with Crippen LogP contribution in [0.2, 0.25) is 0 Å². The number of aliphatic hydroxyl groups excluding tert-OH is 1. The molecule has 0 bridgehead atoms. The second-order valence-corrected chi connectivity index (χ2v) is 6.94. The minimum atomic E-state index is -0.325. The Morgan fingerprint density at radius 1 is 1.40 bits per heavy atom. The molecule has 0 radical (unpaired) electrons. The van der Waals surface area contributed by atoms with E-state index in [1.807, 2.05) is 22.9 Å². The van der Waals surface area contributed by atoms with Crippen LogP contribution in [-0.4, -0.2) is 65.1 Å². The molecule has 0 spiro atoms. The van der Waals surface area contributed by atoms with E-state index in [1.165, 1.54) is 16.5 Å². The van der Waals surface area contributed by atoms with Crippen molar-refractivity contribution in [2.75, 3.05) is 33.2 Å². The third-order valence-electron chi connectivity index (χ3n) is 4.83. The quantitative estimate of drug-likeness (QED) is 0.849. The Kier molecular flexibility index (Phi) is 5.56. The number of likely N-dealkylation sites (N-methyl/N-ethyl adjacent to an activating group) is 1. The summed E-state index contributed by atoms with van der Waals surface area (Å²) in [6, 6.07) is 8.31. The predicted molar refractivity (Wildman–Crippen MR) is 101 cm³/mol. The number of hydrogen-bond acceptors (Lipinski definition) is 3. The van der Waals surface area contributed by atoms with Crippen LogP contribution in [-0.2, 0) is 4.79 Å². The standard InChI is InChI=1S/C20H27N3O2/c1-15(24)7-10-22(2)14-20(25)23-11-8-16(9-12-23)18-13-21-19-6-4-3-5-17(18)19/h3-6,8,13,15,21,24H,7,9-12,14H2,1-2H3. The topological polar surface area (TPSA) is 59.6 Å². The highest BCUT2D eigenvalue weighted by molar-refractivity contribution is 5.93. The first-order valence-corrected chi connectivity index (χ1v) is 8.94. The molecule has 0 saturated carbocycles. The van der Waals surface area contributed by atoms with Gasteiger partial charge >= 0.3 is 0 Å². The van der Waals surface area contributed by atoms with Crippen molar-refractivity contribution >= 4 is 22.4 Å². The Balaban J connectivity index is 1.59. The summed E-state index contributed by atoms with van der Waals surface area (Å²) < 4.78 is 0. The summed E-state index contributed by atoms with van der Waals surface area (Å²) in [6.07, 6.45) is 5.48. The average Bonchev–Trinajstić information content (AvgIpc) is 3.04. The van der Waals surface area contributed by atoms with Crippen molar-refractivity contribution in [3.63, 3.8) is 0 Å². The lowest BCUT2D eigenvalue weighted by Gasteiger charge is -2.28. The third-order valence-corrected chi connectivity index (χ3v) is 4.83. The van der Waals surface area contributed by atoms with Gasteiger partial charge in [-0.15, -0.1) is 0 Å². The fourth-order valence-corrected chi connectivity index (χ4v) is 3.29. The zero-order valence-corrected chi connectivity index (χ0v) is 15.0. The van der Waals surface area contributed by atoms with Gasteiger partial charge in [0.25, 0.3) is 0 Å². The number of hydrogen-bond donors (Lipinski definition) is 2. The largest absolute Gasteiger partial charge is 0.393 e. The van der Waals surface area contributed by atoms with E-state index >= 15 is 0 Å². The molecular formula is C20H27N3O2. The van der Waals surface area contributed by atoms with E-state index in [0.29, 0.717) is 19.5 Å². The highest BCUT2D eigenvalue weighted by Gasteiger charge is 2.20. The van der Waals surface area contributed by atoms with Crippen LogP contribution in [0.25, 0.3) is 16.5 Å². The van der Waals surface area contributed by atoms with Crippen molar-refractivity contribution in [3.05, 3.63) is 42.1 Å². The zero-order valence-electron chi connectivity index (χ0n) is 15.0. The smallest absolute Gasteiger partial charge is 0.237 e. The predicted octanol–water partition coefficient (Wildman–Crippen LogP) is 2.49. The van der Waals surface area contributed by atoms with Gasteiger partial charge in [-0.25, -0.2) is 0 Å². The van der Waals surface area contributed by atoms with Crippen molar-refractivity contribution in [1.29, 1.82) is 0 Å². The van der Waals surface area contributed by atoms with Gasteiger partial charge in [-0.3, -0.25) is 9.69 Å². The lowest BCUT2D eigenvalue weighted by Crippen LogP contribution is -2.41. The number of nitrogens with zero attached hydrogens (tertiary/aromatic N) is 2. The molecule has 1 aromatic heterocycles. The lowest BCUT2D eigenvalue weighted by atomic mass is 9.99. The summed E-state index contributed by atoms with van der Waals surface area (Å²) in [5, 5.41) is 10.6. The third kappa shape index (κ3) is 4.30. The summed E-state index contributed by atoms with van der Waals surface area (Å²) in [7, 11) is 1.93. The Hall–Kier alpha value is -2.11. The monoisotopic (exact) mass is 341 g/mol. The van der Waals surface area contributed by atoms with Gasteiger partial charge in [-0.05, 0) is 38.5 Å². The minimum Gasteiger partial charge on any atom is -0.393 e. The molecule has 0 aliphatic carbocycles. The van der Waals surface area contributed by atoms with Crippen LogP contribution >= 0.6 is 0 Å². The van der Waals surface area contributed by atoms with Crippen LogP contribution in [0.15, 0.2) is 36.5 Å². The molecule has 0 fully saturated rings. The first kappa shape index (κ1) is 17.7. The highest BCUT2D eigenvalue weighted by atomic mass is 16.3. The van der Waals surface area contributed by atoms with E-state index in [9.17, 15) is 9.90 Å². The maximum atomic E-state index is 12.4. The Morgan fingerprint density at radius 2 is 2.20 bits per heavy atom. The molecule has 2 heterocycles. The van der Waals surface area contributed by atoms with Crippen molar-refractivity contribution in [2.24, 2.45) is 0 Å². The molecule has 1 aromatic carbocycles. The molecule has 2 aromatic rings. The fraction of sp³-hybridized carbons (Fsp3) is 0.450. The zero-order chi connectivity index (χ0) is 17.8. The van der Waals surface area contributed by atoms with Gasteiger partial charge in [-0.1, -0.05) is 24.3 Å². The highest BCUT2D eigenvalue weighted by Crippen LogP contribution is 2.29. The number of benzene rings is 1. The Morgan fingerprint density at radius 3 is 2.92 bits per heavy atom. The number of rotatable bonds is 6. The number of carbonyl (C=O) groups is 1. The lowest BCUT2D eigenvalue weighted by molar-refractivity contribution is -0.131. The van der Waals surface area contributed by atoms with E-state index in [2.05, 4.69) is 35.5 Å². The number of amides is 1.